The first-order chi connectivity index (χ1) is 16.6. The number of anilines is 1. The average Bonchev–Trinajstić information content (AvgIpc) is 3.21. The van der Waals surface area contributed by atoms with E-state index in [0.29, 0.717) is 12.3 Å². The number of rotatable bonds is 21. The van der Waals surface area contributed by atoms with Crippen LogP contribution in [0.1, 0.15) is 110 Å². The number of aliphatic hydroxyl groups is 1. The van der Waals surface area contributed by atoms with Crippen LogP contribution in [0, 0.1) is 0 Å². The Bertz CT molecular complexity index is 835. The number of unbranched alkanes of at least 4 members (excludes halogenated alkanes) is 15. The van der Waals surface area contributed by atoms with E-state index < -0.39 is 6.10 Å². The SMILES string of the molecule is CCCCCCCCCCCCCCCCCCOCC(O)Cn1cnc2c(=O)[nH]c(N)nc21. The lowest BCUT2D eigenvalue weighted by Crippen LogP contribution is -2.22. The maximum Gasteiger partial charge on any atom is 0.280 e. The molecule has 0 saturated heterocycles. The molecule has 1 unspecified atom stereocenters. The van der Waals surface area contributed by atoms with Crippen LogP contribution in [0.4, 0.5) is 5.95 Å². The smallest absolute Gasteiger partial charge is 0.280 e. The molecule has 0 aliphatic heterocycles. The molecule has 0 aliphatic rings. The molecule has 0 saturated carbocycles. The minimum atomic E-state index is -0.694. The number of aromatic amines is 1. The Morgan fingerprint density at radius 2 is 1.47 bits per heavy atom. The first-order valence-electron chi connectivity index (χ1n) is 13.6. The fourth-order valence-electron chi connectivity index (χ4n) is 4.36. The van der Waals surface area contributed by atoms with Gasteiger partial charge in [0.2, 0.25) is 5.95 Å². The van der Waals surface area contributed by atoms with Crippen molar-refractivity contribution < 1.29 is 9.84 Å². The van der Waals surface area contributed by atoms with Crippen molar-refractivity contribution in [3.8, 4) is 0 Å². The summed E-state index contributed by atoms with van der Waals surface area (Å²) in [7, 11) is 0. The zero-order chi connectivity index (χ0) is 24.4. The van der Waals surface area contributed by atoms with Crippen molar-refractivity contribution in [1.29, 1.82) is 0 Å². The monoisotopic (exact) mass is 477 g/mol. The number of aliphatic hydroxyl groups excluding tert-OH is 1. The maximum atomic E-state index is 11.8. The van der Waals surface area contributed by atoms with Crippen LogP contribution in [0.25, 0.3) is 11.2 Å². The number of ether oxygens (including phenoxy) is 1. The Labute approximate surface area is 204 Å². The molecule has 0 radical (unpaired) electrons. The van der Waals surface area contributed by atoms with Crippen LogP contribution in [0.5, 0.6) is 0 Å². The first-order valence-corrected chi connectivity index (χ1v) is 13.6. The van der Waals surface area contributed by atoms with Gasteiger partial charge in [0.25, 0.3) is 5.56 Å². The predicted molar refractivity (Wildman–Crippen MR) is 139 cm³/mol. The highest BCUT2D eigenvalue weighted by molar-refractivity contribution is 5.70. The third kappa shape index (κ3) is 11.5. The summed E-state index contributed by atoms with van der Waals surface area (Å²) in [5.41, 5.74) is 5.81. The molecule has 0 aromatic carbocycles. The molecular weight excluding hydrogens is 430 g/mol. The van der Waals surface area contributed by atoms with Crippen LogP contribution in [0.3, 0.4) is 0 Å². The topological polar surface area (TPSA) is 119 Å². The van der Waals surface area contributed by atoms with Gasteiger partial charge in [-0.15, -0.1) is 0 Å². The van der Waals surface area contributed by atoms with Crippen LogP contribution in [-0.2, 0) is 11.3 Å². The number of imidazole rings is 1. The number of hydrogen-bond acceptors (Lipinski definition) is 6. The molecule has 0 spiro atoms. The molecule has 0 amide bonds. The number of aromatic nitrogens is 4. The van der Waals surface area contributed by atoms with Crippen molar-refractivity contribution in [2.45, 2.75) is 122 Å². The fourth-order valence-corrected chi connectivity index (χ4v) is 4.36. The van der Waals surface area contributed by atoms with Crippen LogP contribution >= 0.6 is 0 Å². The van der Waals surface area contributed by atoms with Gasteiger partial charge in [-0.1, -0.05) is 103 Å². The zero-order valence-electron chi connectivity index (χ0n) is 21.3. The molecule has 0 bridgehead atoms. The van der Waals surface area contributed by atoms with Crippen molar-refractivity contribution in [3.63, 3.8) is 0 Å². The third-order valence-electron chi connectivity index (χ3n) is 6.35. The Balaban J connectivity index is 1.38. The number of nitrogens with two attached hydrogens (primary N) is 1. The summed E-state index contributed by atoms with van der Waals surface area (Å²) < 4.78 is 7.25. The summed E-state index contributed by atoms with van der Waals surface area (Å²) in [4.78, 5) is 22.4. The number of H-pyrrole nitrogens is 1. The molecule has 34 heavy (non-hydrogen) atoms. The molecule has 8 nitrogen and oxygen atoms in total. The van der Waals surface area contributed by atoms with Gasteiger partial charge < -0.3 is 20.1 Å². The molecule has 4 N–H and O–H groups in total. The second-order valence-corrected chi connectivity index (χ2v) is 9.55. The molecule has 8 heteroatoms. The van der Waals surface area contributed by atoms with E-state index in [9.17, 15) is 9.90 Å². The number of hydrogen-bond donors (Lipinski definition) is 3. The maximum absolute atomic E-state index is 11.8. The normalized spacial score (nSPS) is 12.5. The average molecular weight is 478 g/mol. The van der Waals surface area contributed by atoms with Gasteiger partial charge in [0.15, 0.2) is 11.2 Å². The quantitative estimate of drug-likeness (QED) is 0.209. The van der Waals surface area contributed by atoms with Gasteiger partial charge in [-0.2, -0.15) is 4.98 Å². The Morgan fingerprint density at radius 1 is 0.941 bits per heavy atom. The number of fused-ring (bicyclic) bond motifs is 1. The second kappa shape index (κ2) is 17.5. The summed E-state index contributed by atoms with van der Waals surface area (Å²) >= 11 is 0. The van der Waals surface area contributed by atoms with Gasteiger partial charge >= 0.3 is 0 Å². The summed E-state index contributed by atoms with van der Waals surface area (Å²) in [5, 5.41) is 10.2. The van der Waals surface area contributed by atoms with Gasteiger partial charge in [-0.3, -0.25) is 9.78 Å². The summed E-state index contributed by atoms with van der Waals surface area (Å²) in [6, 6.07) is 0. The van der Waals surface area contributed by atoms with E-state index in [1.165, 1.54) is 103 Å². The summed E-state index contributed by atoms with van der Waals surface area (Å²) in [6.07, 6.45) is 22.3. The molecule has 2 aromatic heterocycles. The Morgan fingerprint density at radius 3 is 2.03 bits per heavy atom. The second-order valence-electron chi connectivity index (χ2n) is 9.55. The van der Waals surface area contributed by atoms with Crippen LogP contribution in [0.2, 0.25) is 0 Å². The predicted octanol–water partition coefficient (Wildman–Crippen LogP) is 5.34. The Kier molecular flexibility index (Phi) is 14.6. The zero-order valence-corrected chi connectivity index (χ0v) is 21.3. The van der Waals surface area contributed by atoms with E-state index in [2.05, 4.69) is 21.9 Å². The van der Waals surface area contributed by atoms with Gasteiger partial charge in [0.05, 0.1) is 25.6 Å². The highest BCUT2D eigenvalue weighted by Crippen LogP contribution is 2.14. The first kappa shape index (κ1) is 28.3. The fraction of sp³-hybridized carbons (Fsp3) is 0.808. The Hall–Kier alpha value is -1.93. The summed E-state index contributed by atoms with van der Waals surface area (Å²) in [6.45, 7) is 3.44. The highest BCUT2D eigenvalue weighted by atomic mass is 16.5. The molecule has 1 atom stereocenters. The minimum absolute atomic E-state index is 0.0356. The van der Waals surface area contributed by atoms with Crippen molar-refractivity contribution in [2.24, 2.45) is 0 Å². The molecule has 2 heterocycles. The van der Waals surface area contributed by atoms with Crippen molar-refractivity contribution >= 4 is 17.1 Å². The van der Waals surface area contributed by atoms with Crippen LogP contribution in [-0.4, -0.2) is 43.9 Å². The van der Waals surface area contributed by atoms with E-state index >= 15 is 0 Å². The van der Waals surface area contributed by atoms with E-state index in [0.717, 1.165) is 6.42 Å². The standard InChI is InChI=1S/C26H47N5O3/c1-2-3-4-5-6-7-8-9-10-11-12-13-14-15-16-17-18-34-20-22(32)19-31-21-28-23-24(31)29-26(27)30-25(23)33/h21-22,32H,2-20H2,1H3,(H3,27,29,30,33). The van der Waals surface area contributed by atoms with E-state index in [4.69, 9.17) is 10.5 Å². The molecular formula is C26H47N5O3. The molecule has 2 aromatic rings. The minimum Gasteiger partial charge on any atom is -0.389 e. The lowest BCUT2D eigenvalue weighted by atomic mass is 10.0. The highest BCUT2D eigenvalue weighted by Gasteiger charge is 2.12. The van der Waals surface area contributed by atoms with E-state index in [-0.39, 0.29) is 30.2 Å². The van der Waals surface area contributed by atoms with E-state index in [1.807, 2.05) is 0 Å². The molecule has 0 fully saturated rings. The van der Waals surface area contributed by atoms with E-state index in [1.54, 1.807) is 4.57 Å². The largest absolute Gasteiger partial charge is 0.389 e. The number of nitrogens with zero attached hydrogens (tertiary/aromatic N) is 3. The number of nitrogens with one attached hydrogen (secondary N) is 1. The lowest BCUT2D eigenvalue weighted by molar-refractivity contribution is 0.0271. The molecule has 0 aliphatic carbocycles. The van der Waals surface area contributed by atoms with Gasteiger partial charge in [-0.05, 0) is 6.42 Å². The van der Waals surface area contributed by atoms with Gasteiger partial charge in [0.1, 0.15) is 0 Å². The van der Waals surface area contributed by atoms with Crippen molar-refractivity contribution in [1.82, 2.24) is 19.5 Å². The number of nitrogen functional groups attached to an aromatic ring is 1. The van der Waals surface area contributed by atoms with Crippen molar-refractivity contribution in [2.75, 3.05) is 18.9 Å². The lowest BCUT2D eigenvalue weighted by Gasteiger charge is -2.12. The van der Waals surface area contributed by atoms with Gasteiger partial charge in [0, 0.05) is 6.61 Å². The molecule has 194 valence electrons. The van der Waals surface area contributed by atoms with Crippen LogP contribution < -0.4 is 11.3 Å². The molecule has 2 rings (SSSR count). The third-order valence-corrected chi connectivity index (χ3v) is 6.35. The van der Waals surface area contributed by atoms with Gasteiger partial charge in [-0.25, -0.2) is 4.98 Å². The summed E-state index contributed by atoms with van der Waals surface area (Å²) in [5.74, 6) is 0.0356. The van der Waals surface area contributed by atoms with Crippen LogP contribution in [0.15, 0.2) is 11.1 Å². The van der Waals surface area contributed by atoms with Crippen molar-refractivity contribution in [3.05, 3.63) is 16.7 Å².